The minimum Gasteiger partial charge on any atom is -0.374 e. The summed E-state index contributed by atoms with van der Waals surface area (Å²) < 4.78 is 0. The molecule has 0 fully saturated rings. The standard InChI is InChI=1S/C8H11BrN2/c1-11(7-4-9)8-2-5-10-6-3-8/h2-3,5-6H,4,7H2,1H3. The first-order chi connectivity index (χ1) is 5.34. The van der Waals surface area contributed by atoms with Crippen LogP contribution in [0.2, 0.25) is 0 Å². The zero-order chi connectivity index (χ0) is 8.10. The van der Waals surface area contributed by atoms with Crippen LogP contribution in [0.15, 0.2) is 24.5 Å². The molecule has 0 N–H and O–H groups in total. The van der Waals surface area contributed by atoms with Gasteiger partial charge in [0.25, 0.3) is 0 Å². The first-order valence-electron chi connectivity index (χ1n) is 3.51. The van der Waals surface area contributed by atoms with Gasteiger partial charge in [-0.15, -0.1) is 0 Å². The second-order valence-corrected chi connectivity index (χ2v) is 3.11. The highest BCUT2D eigenvalue weighted by Gasteiger charge is 1.96. The summed E-state index contributed by atoms with van der Waals surface area (Å²) in [6.07, 6.45) is 3.61. The second-order valence-electron chi connectivity index (χ2n) is 2.32. The molecule has 2 nitrogen and oxygen atoms in total. The van der Waals surface area contributed by atoms with E-state index in [1.807, 2.05) is 12.1 Å². The molecule has 0 amide bonds. The summed E-state index contributed by atoms with van der Waals surface area (Å²) >= 11 is 3.39. The van der Waals surface area contributed by atoms with Crippen molar-refractivity contribution in [1.82, 2.24) is 4.98 Å². The number of rotatable bonds is 3. The van der Waals surface area contributed by atoms with Gasteiger partial charge in [-0.1, -0.05) is 15.9 Å². The summed E-state index contributed by atoms with van der Waals surface area (Å²) in [5, 5.41) is 0.992. The van der Waals surface area contributed by atoms with Crippen molar-refractivity contribution in [1.29, 1.82) is 0 Å². The van der Waals surface area contributed by atoms with Crippen LogP contribution in [0, 0.1) is 0 Å². The van der Waals surface area contributed by atoms with Crippen LogP contribution in [0.3, 0.4) is 0 Å². The molecule has 3 heteroatoms. The Morgan fingerprint density at radius 3 is 2.64 bits per heavy atom. The molecule has 0 aliphatic heterocycles. The quantitative estimate of drug-likeness (QED) is 0.716. The molecule has 60 valence electrons. The van der Waals surface area contributed by atoms with Crippen LogP contribution in [0.1, 0.15) is 0 Å². The van der Waals surface area contributed by atoms with Gasteiger partial charge in [0.2, 0.25) is 0 Å². The summed E-state index contributed by atoms with van der Waals surface area (Å²) in [5.74, 6) is 0. The normalized spacial score (nSPS) is 9.64. The van der Waals surface area contributed by atoms with Crippen LogP contribution in [-0.4, -0.2) is 23.9 Å². The minimum absolute atomic E-state index is 0.992. The summed E-state index contributed by atoms with van der Waals surface area (Å²) in [4.78, 5) is 6.13. The second kappa shape index (κ2) is 4.34. The monoisotopic (exact) mass is 214 g/mol. The molecule has 0 aliphatic rings. The van der Waals surface area contributed by atoms with E-state index in [0.29, 0.717) is 0 Å². The van der Waals surface area contributed by atoms with Crippen molar-refractivity contribution in [2.75, 3.05) is 23.8 Å². The maximum absolute atomic E-state index is 3.95. The lowest BCUT2D eigenvalue weighted by molar-refractivity contribution is 0.979. The van der Waals surface area contributed by atoms with Crippen LogP contribution >= 0.6 is 15.9 Å². The first-order valence-corrected chi connectivity index (χ1v) is 4.64. The van der Waals surface area contributed by atoms with Crippen LogP contribution in [0.5, 0.6) is 0 Å². The molecule has 1 aromatic rings. The Hall–Kier alpha value is -0.570. The van der Waals surface area contributed by atoms with Gasteiger partial charge in [0, 0.05) is 37.0 Å². The number of hydrogen-bond acceptors (Lipinski definition) is 2. The average Bonchev–Trinajstić information content (AvgIpc) is 2.07. The highest BCUT2D eigenvalue weighted by Crippen LogP contribution is 2.08. The van der Waals surface area contributed by atoms with Gasteiger partial charge in [-0.25, -0.2) is 0 Å². The van der Waals surface area contributed by atoms with E-state index in [1.54, 1.807) is 12.4 Å². The van der Waals surface area contributed by atoms with E-state index in [9.17, 15) is 0 Å². The molecule has 0 unspecified atom stereocenters. The third-order valence-corrected chi connectivity index (χ3v) is 1.88. The van der Waals surface area contributed by atoms with Gasteiger partial charge in [0.05, 0.1) is 0 Å². The molecule has 1 aromatic heterocycles. The Morgan fingerprint density at radius 2 is 2.09 bits per heavy atom. The molecule has 0 atom stereocenters. The SMILES string of the molecule is CN(CCBr)c1ccncc1. The zero-order valence-electron chi connectivity index (χ0n) is 6.50. The van der Waals surface area contributed by atoms with Crippen LogP contribution in [0.25, 0.3) is 0 Å². The zero-order valence-corrected chi connectivity index (χ0v) is 8.08. The maximum Gasteiger partial charge on any atom is 0.0394 e. The summed E-state index contributed by atoms with van der Waals surface area (Å²) in [6, 6.07) is 4.01. The third kappa shape index (κ3) is 2.50. The van der Waals surface area contributed by atoms with Crippen molar-refractivity contribution in [3.63, 3.8) is 0 Å². The highest BCUT2D eigenvalue weighted by molar-refractivity contribution is 9.09. The predicted molar refractivity (Wildman–Crippen MR) is 51.3 cm³/mol. The number of anilines is 1. The molecule has 0 saturated heterocycles. The number of hydrogen-bond donors (Lipinski definition) is 0. The van der Waals surface area contributed by atoms with Gasteiger partial charge in [0.1, 0.15) is 0 Å². The Balaban J connectivity index is 2.61. The summed E-state index contributed by atoms with van der Waals surface area (Å²) in [7, 11) is 2.07. The van der Waals surface area contributed by atoms with Crippen LogP contribution in [0.4, 0.5) is 5.69 Å². The van der Waals surface area contributed by atoms with Gasteiger partial charge in [-0.05, 0) is 12.1 Å². The molecule has 0 spiro atoms. The Labute approximate surface area is 75.4 Å². The van der Waals surface area contributed by atoms with Gasteiger partial charge in [-0.3, -0.25) is 4.98 Å². The smallest absolute Gasteiger partial charge is 0.0394 e. The largest absolute Gasteiger partial charge is 0.374 e. The maximum atomic E-state index is 3.95. The van der Waals surface area contributed by atoms with E-state index in [4.69, 9.17) is 0 Å². The van der Waals surface area contributed by atoms with Crippen molar-refractivity contribution in [2.45, 2.75) is 0 Å². The molecule has 0 aliphatic carbocycles. The molecule has 0 aromatic carbocycles. The van der Waals surface area contributed by atoms with Crippen molar-refractivity contribution in [3.05, 3.63) is 24.5 Å². The summed E-state index contributed by atoms with van der Waals surface area (Å²) in [5.41, 5.74) is 1.21. The Morgan fingerprint density at radius 1 is 1.45 bits per heavy atom. The van der Waals surface area contributed by atoms with Crippen molar-refractivity contribution in [3.8, 4) is 0 Å². The van der Waals surface area contributed by atoms with Gasteiger partial charge in [0.15, 0.2) is 0 Å². The van der Waals surface area contributed by atoms with E-state index >= 15 is 0 Å². The summed E-state index contributed by atoms with van der Waals surface area (Å²) in [6.45, 7) is 1.02. The van der Waals surface area contributed by atoms with Crippen molar-refractivity contribution < 1.29 is 0 Å². The number of nitrogens with zero attached hydrogens (tertiary/aromatic N) is 2. The lowest BCUT2D eigenvalue weighted by Crippen LogP contribution is -2.19. The van der Waals surface area contributed by atoms with Gasteiger partial charge >= 0.3 is 0 Å². The molecule has 1 rings (SSSR count). The average molecular weight is 215 g/mol. The van der Waals surface area contributed by atoms with Crippen LogP contribution < -0.4 is 4.90 Å². The molecule has 0 saturated carbocycles. The molecular weight excluding hydrogens is 204 g/mol. The fourth-order valence-electron chi connectivity index (χ4n) is 0.854. The molecule has 1 heterocycles. The fourth-order valence-corrected chi connectivity index (χ4v) is 1.39. The van der Waals surface area contributed by atoms with E-state index < -0.39 is 0 Å². The van der Waals surface area contributed by atoms with Gasteiger partial charge < -0.3 is 4.90 Å². The van der Waals surface area contributed by atoms with E-state index in [0.717, 1.165) is 11.9 Å². The van der Waals surface area contributed by atoms with Crippen molar-refractivity contribution >= 4 is 21.6 Å². The molecule has 11 heavy (non-hydrogen) atoms. The number of pyridine rings is 1. The predicted octanol–water partition coefficient (Wildman–Crippen LogP) is 1.91. The highest BCUT2D eigenvalue weighted by atomic mass is 79.9. The number of halogens is 1. The minimum atomic E-state index is 0.992. The number of alkyl halides is 1. The third-order valence-electron chi connectivity index (χ3n) is 1.52. The Kier molecular flexibility index (Phi) is 3.36. The lowest BCUT2D eigenvalue weighted by atomic mass is 10.4. The number of aromatic nitrogens is 1. The topological polar surface area (TPSA) is 16.1 Å². The van der Waals surface area contributed by atoms with E-state index in [1.165, 1.54) is 5.69 Å². The molecule has 0 radical (unpaired) electrons. The lowest BCUT2D eigenvalue weighted by Gasteiger charge is -2.16. The van der Waals surface area contributed by atoms with Gasteiger partial charge in [-0.2, -0.15) is 0 Å². The fraction of sp³-hybridized carbons (Fsp3) is 0.375. The molecule has 0 bridgehead atoms. The first kappa shape index (κ1) is 8.53. The molecular formula is C8H11BrN2. The van der Waals surface area contributed by atoms with Crippen molar-refractivity contribution in [2.24, 2.45) is 0 Å². The Bertz CT molecular complexity index is 201. The van der Waals surface area contributed by atoms with E-state index in [-0.39, 0.29) is 0 Å². The van der Waals surface area contributed by atoms with E-state index in [2.05, 4.69) is 32.9 Å². The van der Waals surface area contributed by atoms with Crippen LogP contribution in [-0.2, 0) is 0 Å².